The molecule has 0 amide bonds. The van der Waals surface area contributed by atoms with Crippen LogP contribution < -0.4 is 10.1 Å². The molecule has 0 saturated carbocycles. The minimum Gasteiger partial charge on any atom is -0.457 e. The zero-order chi connectivity index (χ0) is 15.4. The van der Waals surface area contributed by atoms with Crippen LogP contribution in [0, 0.1) is 5.82 Å². The first-order chi connectivity index (χ1) is 9.95. The summed E-state index contributed by atoms with van der Waals surface area (Å²) in [6, 6.07) is 10.1. The van der Waals surface area contributed by atoms with Crippen molar-refractivity contribution in [3.8, 4) is 11.5 Å². The maximum Gasteiger partial charge on any atom is 0.145 e. The zero-order valence-electron chi connectivity index (χ0n) is 11.8. The summed E-state index contributed by atoms with van der Waals surface area (Å²) < 4.78 is 18.9. The van der Waals surface area contributed by atoms with Crippen LogP contribution in [0.1, 0.15) is 19.4 Å². The second-order valence-corrected chi connectivity index (χ2v) is 5.78. The predicted molar refractivity (Wildman–Crippen MR) is 84.9 cm³/mol. The number of hydrogen-bond acceptors (Lipinski definition) is 2. The van der Waals surface area contributed by atoms with Crippen molar-refractivity contribution >= 4 is 23.2 Å². The third-order valence-corrected chi connectivity index (χ3v) is 3.51. The van der Waals surface area contributed by atoms with Gasteiger partial charge in [0.25, 0.3) is 0 Å². The molecule has 0 bridgehead atoms. The van der Waals surface area contributed by atoms with Gasteiger partial charge in [-0.05, 0) is 29.8 Å². The maximum absolute atomic E-state index is 13.4. The summed E-state index contributed by atoms with van der Waals surface area (Å²) in [7, 11) is 0. The number of ether oxygens (including phenoxy) is 1. The van der Waals surface area contributed by atoms with Crippen molar-refractivity contribution in [1.82, 2.24) is 5.32 Å². The topological polar surface area (TPSA) is 21.3 Å². The third-order valence-electron chi connectivity index (χ3n) is 2.85. The van der Waals surface area contributed by atoms with Gasteiger partial charge >= 0.3 is 0 Å². The fourth-order valence-electron chi connectivity index (χ4n) is 1.73. The van der Waals surface area contributed by atoms with E-state index in [2.05, 4.69) is 19.2 Å². The Balaban J connectivity index is 2.10. The summed E-state index contributed by atoms with van der Waals surface area (Å²) in [4.78, 5) is 0. The Morgan fingerprint density at radius 2 is 1.71 bits per heavy atom. The summed E-state index contributed by atoms with van der Waals surface area (Å²) in [5.74, 6) is 0.411. The molecule has 112 valence electrons. The van der Waals surface area contributed by atoms with Crippen LogP contribution in [-0.2, 0) is 6.54 Å². The lowest BCUT2D eigenvalue weighted by atomic mass is 10.2. The van der Waals surface area contributed by atoms with Gasteiger partial charge in [-0.15, -0.1) is 0 Å². The van der Waals surface area contributed by atoms with E-state index in [0.717, 1.165) is 5.56 Å². The van der Waals surface area contributed by atoms with Crippen molar-refractivity contribution < 1.29 is 9.13 Å². The van der Waals surface area contributed by atoms with E-state index >= 15 is 0 Å². The van der Waals surface area contributed by atoms with Gasteiger partial charge in [0.1, 0.15) is 17.3 Å². The van der Waals surface area contributed by atoms with Crippen LogP contribution in [0.25, 0.3) is 0 Å². The lowest BCUT2D eigenvalue weighted by Gasteiger charge is -2.11. The summed E-state index contributed by atoms with van der Waals surface area (Å²) in [5, 5.41) is 3.97. The summed E-state index contributed by atoms with van der Waals surface area (Å²) in [6.45, 7) is 4.83. The lowest BCUT2D eigenvalue weighted by Crippen LogP contribution is -2.21. The largest absolute Gasteiger partial charge is 0.457 e. The van der Waals surface area contributed by atoms with Gasteiger partial charge in [-0.25, -0.2) is 4.39 Å². The van der Waals surface area contributed by atoms with Crippen LogP contribution in [0.5, 0.6) is 11.5 Å². The molecule has 0 spiro atoms. The van der Waals surface area contributed by atoms with E-state index in [0.29, 0.717) is 29.1 Å². The monoisotopic (exact) mass is 327 g/mol. The molecule has 2 rings (SSSR count). The molecule has 0 aliphatic rings. The molecule has 0 aromatic heterocycles. The maximum atomic E-state index is 13.4. The molecule has 1 N–H and O–H groups in total. The van der Waals surface area contributed by atoms with Crippen LogP contribution in [0.4, 0.5) is 4.39 Å². The van der Waals surface area contributed by atoms with Crippen molar-refractivity contribution in [3.63, 3.8) is 0 Å². The average Bonchev–Trinajstić information content (AvgIpc) is 2.42. The molecule has 0 radical (unpaired) electrons. The highest BCUT2D eigenvalue weighted by molar-refractivity contribution is 6.31. The van der Waals surface area contributed by atoms with E-state index in [1.165, 1.54) is 12.1 Å². The van der Waals surface area contributed by atoms with E-state index in [1.807, 2.05) is 6.07 Å². The molecule has 0 unspecified atom stereocenters. The van der Waals surface area contributed by atoms with E-state index in [1.54, 1.807) is 18.2 Å². The number of nitrogens with one attached hydrogen (secondary N) is 1. The van der Waals surface area contributed by atoms with Gasteiger partial charge in [-0.2, -0.15) is 0 Å². The van der Waals surface area contributed by atoms with Gasteiger partial charge in [-0.1, -0.05) is 43.1 Å². The minimum absolute atomic E-state index is 0.0653. The van der Waals surface area contributed by atoms with E-state index in [4.69, 9.17) is 27.9 Å². The zero-order valence-corrected chi connectivity index (χ0v) is 13.3. The molecule has 2 aromatic carbocycles. The summed E-state index contributed by atoms with van der Waals surface area (Å²) >= 11 is 11.9. The van der Waals surface area contributed by atoms with Crippen molar-refractivity contribution in [2.75, 3.05) is 0 Å². The molecule has 0 saturated heterocycles. The smallest absolute Gasteiger partial charge is 0.145 e. The Hall–Kier alpha value is -1.29. The Morgan fingerprint density at radius 1 is 1.05 bits per heavy atom. The van der Waals surface area contributed by atoms with Gasteiger partial charge in [0.05, 0.1) is 5.02 Å². The number of rotatable bonds is 5. The van der Waals surface area contributed by atoms with E-state index in [-0.39, 0.29) is 5.02 Å². The van der Waals surface area contributed by atoms with Crippen molar-refractivity contribution in [2.24, 2.45) is 0 Å². The van der Waals surface area contributed by atoms with Crippen LogP contribution in [0.2, 0.25) is 10.0 Å². The van der Waals surface area contributed by atoms with E-state index < -0.39 is 5.82 Å². The molecule has 0 aliphatic heterocycles. The molecular weight excluding hydrogens is 312 g/mol. The molecule has 0 fully saturated rings. The summed E-state index contributed by atoms with van der Waals surface area (Å²) in [5.41, 5.74) is 0.986. The van der Waals surface area contributed by atoms with Crippen molar-refractivity contribution in [3.05, 3.63) is 57.8 Å². The average molecular weight is 328 g/mol. The highest BCUT2D eigenvalue weighted by atomic mass is 35.5. The Labute approximate surface area is 133 Å². The van der Waals surface area contributed by atoms with Gasteiger partial charge in [0.15, 0.2) is 0 Å². The fraction of sp³-hybridized carbons (Fsp3) is 0.250. The molecule has 2 aromatic rings. The first kappa shape index (κ1) is 16.1. The predicted octanol–water partition coefficient (Wildman–Crippen LogP) is 5.42. The fourth-order valence-corrected chi connectivity index (χ4v) is 2.08. The molecule has 21 heavy (non-hydrogen) atoms. The molecular formula is C16H16Cl2FNO. The lowest BCUT2D eigenvalue weighted by molar-refractivity contribution is 0.476. The van der Waals surface area contributed by atoms with Gasteiger partial charge < -0.3 is 10.1 Å². The first-order valence-corrected chi connectivity index (χ1v) is 7.36. The van der Waals surface area contributed by atoms with Crippen molar-refractivity contribution in [2.45, 2.75) is 26.4 Å². The number of halogens is 3. The number of hydrogen-bond donors (Lipinski definition) is 1. The molecule has 2 nitrogen and oxygen atoms in total. The van der Waals surface area contributed by atoms with Crippen molar-refractivity contribution in [1.29, 1.82) is 0 Å². The number of benzene rings is 2. The molecule has 0 heterocycles. The Morgan fingerprint density at radius 3 is 2.33 bits per heavy atom. The Kier molecular flexibility index (Phi) is 5.45. The molecule has 0 atom stereocenters. The highest BCUT2D eigenvalue weighted by Crippen LogP contribution is 2.28. The van der Waals surface area contributed by atoms with Crippen LogP contribution >= 0.6 is 23.2 Å². The SMILES string of the molecule is CC(C)NCc1ccc(Oc2ccc(Cl)c(F)c2)cc1Cl. The highest BCUT2D eigenvalue weighted by Gasteiger charge is 2.06. The standard InChI is InChI=1S/C16H16Cl2FNO/c1-10(2)20-9-11-3-4-12(7-15(11)18)21-13-5-6-14(17)16(19)8-13/h3-8,10,20H,9H2,1-2H3. The molecule has 0 aliphatic carbocycles. The second-order valence-electron chi connectivity index (χ2n) is 4.97. The van der Waals surface area contributed by atoms with Crippen LogP contribution in [0.3, 0.4) is 0 Å². The van der Waals surface area contributed by atoms with Gasteiger partial charge in [0.2, 0.25) is 0 Å². The van der Waals surface area contributed by atoms with Crippen LogP contribution in [0.15, 0.2) is 36.4 Å². The van der Waals surface area contributed by atoms with Gasteiger partial charge in [0, 0.05) is 23.7 Å². The second kappa shape index (κ2) is 7.12. The quantitative estimate of drug-likeness (QED) is 0.791. The van der Waals surface area contributed by atoms with E-state index in [9.17, 15) is 4.39 Å². The van der Waals surface area contributed by atoms with Gasteiger partial charge in [-0.3, -0.25) is 0 Å². The summed E-state index contributed by atoms with van der Waals surface area (Å²) in [6.07, 6.45) is 0. The Bertz CT molecular complexity index is 632. The molecule has 5 heteroatoms. The third kappa shape index (κ3) is 4.60. The first-order valence-electron chi connectivity index (χ1n) is 6.60. The normalized spacial score (nSPS) is 11.0. The van der Waals surface area contributed by atoms with Crippen LogP contribution in [-0.4, -0.2) is 6.04 Å². The minimum atomic E-state index is -0.516.